The number of hydrogen-bond acceptors (Lipinski definition) is 2. The highest BCUT2D eigenvalue weighted by molar-refractivity contribution is 5.18. The predicted molar refractivity (Wildman–Crippen MR) is 79.1 cm³/mol. The number of halogens is 1. The third-order valence-corrected chi connectivity index (χ3v) is 3.33. The summed E-state index contributed by atoms with van der Waals surface area (Å²) in [6.07, 6.45) is 9.38. The normalized spacial score (nSPS) is 12.6. The van der Waals surface area contributed by atoms with Crippen molar-refractivity contribution < 1.29 is 4.39 Å². The van der Waals surface area contributed by atoms with Gasteiger partial charge in [0, 0.05) is 31.2 Å². The second kappa shape index (κ2) is 7.20. The van der Waals surface area contributed by atoms with Crippen molar-refractivity contribution in [2.24, 2.45) is 0 Å². The zero-order chi connectivity index (χ0) is 14.4. The third kappa shape index (κ3) is 3.90. The Morgan fingerprint density at radius 3 is 2.90 bits per heavy atom. The monoisotopic (exact) mass is 275 g/mol. The Balaban J connectivity index is 2.07. The fraction of sp³-hybridized carbons (Fsp3) is 0.438. The smallest absolute Gasteiger partial charge is 0.141 e. The first kappa shape index (κ1) is 14.7. The topological polar surface area (TPSA) is 29.9 Å². The van der Waals surface area contributed by atoms with Gasteiger partial charge < -0.3 is 9.88 Å². The summed E-state index contributed by atoms with van der Waals surface area (Å²) in [5.74, 6) is -0.286. The van der Waals surface area contributed by atoms with Crippen molar-refractivity contribution in [2.75, 3.05) is 6.54 Å². The van der Waals surface area contributed by atoms with Gasteiger partial charge in [0.15, 0.2) is 0 Å². The lowest BCUT2D eigenvalue weighted by molar-refractivity contribution is 0.508. The number of aromatic nitrogens is 2. The first-order valence-corrected chi connectivity index (χ1v) is 7.21. The molecule has 0 aliphatic carbocycles. The third-order valence-electron chi connectivity index (χ3n) is 3.33. The Hall–Kier alpha value is -1.68. The lowest BCUT2D eigenvalue weighted by Crippen LogP contribution is -2.20. The molecule has 0 saturated heterocycles. The van der Waals surface area contributed by atoms with Crippen LogP contribution in [0.2, 0.25) is 0 Å². The van der Waals surface area contributed by atoms with Crippen LogP contribution in [0.15, 0.2) is 36.9 Å². The van der Waals surface area contributed by atoms with Gasteiger partial charge in [-0.25, -0.2) is 4.39 Å². The number of rotatable bonds is 7. The van der Waals surface area contributed by atoms with Gasteiger partial charge in [0.1, 0.15) is 5.82 Å². The van der Waals surface area contributed by atoms with Crippen LogP contribution >= 0.6 is 0 Å². The number of pyridine rings is 1. The van der Waals surface area contributed by atoms with Crippen molar-refractivity contribution in [1.82, 2.24) is 14.9 Å². The molecule has 0 radical (unpaired) electrons. The molecule has 2 rings (SSSR count). The molecule has 0 aromatic carbocycles. The maximum absolute atomic E-state index is 13.1. The first-order valence-electron chi connectivity index (χ1n) is 7.21. The second-order valence-electron chi connectivity index (χ2n) is 5.03. The highest BCUT2D eigenvalue weighted by atomic mass is 19.1. The van der Waals surface area contributed by atoms with Crippen LogP contribution in [0.3, 0.4) is 0 Å². The van der Waals surface area contributed by atoms with Gasteiger partial charge in [-0.2, -0.15) is 0 Å². The van der Waals surface area contributed by atoms with Crippen LogP contribution in [-0.4, -0.2) is 16.1 Å². The average molecular weight is 275 g/mol. The van der Waals surface area contributed by atoms with Crippen molar-refractivity contribution >= 4 is 0 Å². The van der Waals surface area contributed by atoms with Crippen molar-refractivity contribution in [1.29, 1.82) is 0 Å². The van der Waals surface area contributed by atoms with Gasteiger partial charge in [-0.15, -0.1) is 0 Å². The fourth-order valence-corrected chi connectivity index (χ4v) is 2.44. The Morgan fingerprint density at radius 1 is 1.35 bits per heavy atom. The SMILES string of the molecule is CCCC(NCC)c1ccn(Cc2cncc(F)c2)c1. The molecule has 108 valence electrons. The highest BCUT2D eigenvalue weighted by Crippen LogP contribution is 2.19. The minimum atomic E-state index is -0.286. The zero-order valence-electron chi connectivity index (χ0n) is 12.1. The Labute approximate surface area is 119 Å². The van der Waals surface area contributed by atoms with Crippen LogP contribution in [0.4, 0.5) is 4.39 Å². The van der Waals surface area contributed by atoms with E-state index in [0.29, 0.717) is 12.6 Å². The van der Waals surface area contributed by atoms with E-state index in [0.717, 1.165) is 24.9 Å². The van der Waals surface area contributed by atoms with E-state index in [2.05, 4.69) is 41.0 Å². The molecule has 2 aromatic rings. The minimum absolute atomic E-state index is 0.286. The van der Waals surface area contributed by atoms with Crippen LogP contribution in [0, 0.1) is 5.82 Å². The number of nitrogens with zero attached hydrogens (tertiary/aromatic N) is 2. The molecule has 0 fully saturated rings. The van der Waals surface area contributed by atoms with E-state index in [4.69, 9.17) is 0 Å². The van der Waals surface area contributed by atoms with Gasteiger partial charge in [0.2, 0.25) is 0 Å². The summed E-state index contributed by atoms with van der Waals surface area (Å²) in [6, 6.07) is 4.06. The molecule has 4 heteroatoms. The molecule has 0 saturated carbocycles. The minimum Gasteiger partial charge on any atom is -0.350 e. The Bertz CT molecular complexity index is 530. The zero-order valence-corrected chi connectivity index (χ0v) is 12.1. The van der Waals surface area contributed by atoms with E-state index in [1.54, 1.807) is 6.20 Å². The molecule has 0 spiro atoms. The van der Waals surface area contributed by atoms with Gasteiger partial charge in [-0.05, 0) is 36.2 Å². The summed E-state index contributed by atoms with van der Waals surface area (Å²) in [5, 5.41) is 3.50. The molecule has 2 aromatic heterocycles. The molecular weight excluding hydrogens is 253 g/mol. The van der Waals surface area contributed by atoms with Gasteiger partial charge in [0.25, 0.3) is 0 Å². The number of nitrogens with one attached hydrogen (secondary N) is 1. The first-order chi connectivity index (χ1) is 9.72. The fourth-order valence-electron chi connectivity index (χ4n) is 2.44. The molecule has 2 heterocycles. The Morgan fingerprint density at radius 2 is 2.20 bits per heavy atom. The molecule has 1 unspecified atom stereocenters. The van der Waals surface area contributed by atoms with Gasteiger partial charge in [-0.1, -0.05) is 20.3 Å². The molecule has 1 N–H and O–H groups in total. The van der Waals surface area contributed by atoms with Crippen LogP contribution in [0.1, 0.15) is 43.9 Å². The molecule has 0 amide bonds. The van der Waals surface area contributed by atoms with Gasteiger partial charge >= 0.3 is 0 Å². The standard InChI is InChI=1S/C16H22FN3/c1-3-5-16(19-4-2)14-6-7-20(12-14)11-13-8-15(17)10-18-9-13/h6-10,12,16,19H,3-5,11H2,1-2H3. The largest absolute Gasteiger partial charge is 0.350 e. The van der Waals surface area contributed by atoms with E-state index in [9.17, 15) is 4.39 Å². The highest BCUT2D eigenvalue weighted by Gasteiger charge is 2.10. The van der Waals surface area contributed by atoms with Crippen LogP contribution in [0.5, 0.6) is 0 Å². The van der Waals surface area contributed by atoms with E-state index in [1.165, 1.54) is 17.8 Å². The summed E-state index contributed by atoms with van der Waals surface area (Å²) in [4.78, 5) is 3.88. The van der Waals surface area contributed by atoms with Crippen molar-refractivity contribution in [2.45, 2.75) is 39.3 Å². The van der Waals surface area contributed by atoms with E-state index in [1.807, 2.05) is 6.20 Å². The maximum atomic E-state index is 13.1. The van der Waals surface area contributed by atoms with Crippen molar-refractivity contribution in [3.8, 4) is 0 Å². The summed E-state index contributed by atoms with van der Waals surface area (Å²) in [5.41, 5.74) is 2.17. The molecule has 0 aliphatic heterocycles. The van der Waals surface area contributed by atoms with Crippen molar-refractivity contribution in [3.05, 3.63) is 53.9 Å². The van der Waals surface area contributed by atoms with E-state index in [-0.39, 0.29) is 5.82 Å². The second-order valence-corrected chi connectivity index (χ2v) is 5.03. The predicted octanol–water partition coefficient (Wildman–Crippen LogP) is 3.52. The molecule has 0 bridgehead atoms. The van der Waals surface area contributed by atoms with Crippen molar-refractivity contribution in [3.63, 3.8) is 0 Å². The van der Waals surface area contributed by atoms with E-state index < -0.39 is 0 Å². The molecule has 20 heavy (non-hydrogen) atoms. The van der Waals surface area contributed by atoms with Crippen LogP contribution in [-0.2, 0) is 6.54 Å². The molecule has 1 atom stereocenters. The molecular formula is C16H22FN3. The van der Waals surface area contributed by atoms with Crippen LogP contribution in [0.25, 0.3) is 0 Å². The molecule has 0 aliphatic rings. The quantitative estimate of drug-likeness (QED) is 0.838. The Kier molecular flexibility index (Phi) is 5.30. The average Bonchev–Trinajstić information content (AvgIpc) is 2.87. The van der Waals surface area contributed by atoms with Gasteiger partial charge in [-0.3, -0.25) is 4.98 Å². The lowest BCUT2D eigenvalue weighted by atomic mass is 10.1. The summed E-state index contributed by atoms with van der Waals surface area (Å²) < 4.78 is 15.2. The summed E-state index contributed by atoms with van der Waals surface area (Å²) in [6.45, 7) is 5.93. The number of hydrogen-bond donors (Lipinski definition) is 1. The van der Waals surface area contributed by atoms with E-state index >= 15 is 0 Å². The molecule has 3 nitrogen and oxygen atoms in total. The summed E-state index contributed by atoms with van der Waals surface area (Å²) in [7, 11) is 0. The van der Waals surface area contributed by atoms with Crippen LogP contribution < -0.4 is 5.32 Å². The maximum Gasteiger partial charge on any atom is 0.141 e. The summed E-state index contributed by atoms with van der Waals surface area (Å²) >= 11 is 0. The van der Waals surface area contributed by atoms with Gasteiger partial charge in [0.05, 0.1) is 6.20 Å². The lowest BCUT2D eigenvalue weighted by Gasteiger charge is -2.15.